The zero-order valence-electron chi connectivity index (χ0n) is 17.2. The third kappa shape index (κ3) is 5.13. The second-order valence-electron chi connectivity index (χ2n) is 7.75. The van der Waals surface area contributed by atoms with Gasteiger partial charge in [0, 0.05) is 38.6 Å². The molecular weight excluding hydrogens is 366 g/mol. The van der Waals surface area contributed by atoms with E-state index in [4.69, 9.17) is 0 Å². The fourth-order valence-electron chi connectivity index (χ4n) is 3.78. The number of hydrogen-bond acceptors (Lipinski definition) is 3. The number of hydrogen-bond donors (Lipinski definition) is 1. The van der Waals surface area contributed by atoms with Gasteiger partial charge in [0.05, 0.1) is 0 Å². The minimum absolute atomic E-state index is 0.0239. The van der Waals surface area contributed by atoms with Gasteiger partial charge in [0.2, 0.25) is 5.43 Å². The first-order valence-electron chi connectivity index (χ1n) is 10.3. The van der Waals surface area contributed by atoms with Gasteiger partial charge < -0.3 is 14.8 Å². The maximum atomic E-state index is 13.1. The molecule has 2 heterocycles. The minimum atomic E-state index is -0.491. The van der Waals surface area contributed by atoms with Crippen LogP contribution >= 0.6 is 0 Å². The molecule has 1 aromatic carbocycles. The first-order chi connectivity index (χ1) is 14.0. The molecule has 1 N–H and O–H groups in total. The van der Waals surface area contributed by atoms with Crippen molar-refractivity contribution in [3.63, 3.8) is 0 Å². The highest BCUT2D eigenvalue weighted by Crippen LogP contribution is 2.17. The molecule has 1 aromatic heterocycles. The van der Waals surface area contributed by atoms with Gasteiger partial charge in [-0.3, -0.25) is 14.4 Å². The van der Waals surface area contributed by atoms with Crippen molar-refractivity contribution in [2.24, 2.45) is 5.92 Å². The highest BCUT2D eigenvalue weighted by molar-refractivity contribution is 5.99. The lowest BCUT2D eigenvalue weighted by Gasteiger charge is -2.31. The quantitative estimate of drug-likeness (QED) is 0.817. The molecule has 0 bridgehead atoms. The number of carbonyl (C=O) groups excluding carboxylic acids is 2. The van der Waals surface area contributed by atoms with Gasteiger partial charge in [0.15, 0.2) is 0 Å². The third-order valence-corrected chi connectivity index (χ3v) is 5.34. The van der Waals surface area contributed by atoms with Crippen LogP contribution in [0.4, 0.5) is 0 Å². The van der Waals surface area contributed by atoms with Crippen molar-refractivity contribution in [1.82, 2.24) is 14.8 Å². The predicted molar refractivity (Wildman–Crippen MR) is 113 cm³/mol. The fraction of sp³-hybridized carbons (Fsp3) is 0.435. The van der Waals surface area contributed by atoms with Crippen LogP contribution in [0.25, 0.3) is 0 Å². The summed E-state index contributed by atoms with van der Waals surface area (Å²) in [7, 11) is 0. The average molecular weight is 396 g/mol. The molecule has 0 spiro atoms. The van der Waals surface area contributed by atoms with E-state index in [2.05, 4.69) is 12.2 Å². The van der Waals surface area contributed by atoms with Crippen molar-refractivity contribution >= 4 is 11.8 Å². The van der Waals surface area contributed by atoms with Crippen LogP contribution in [0.15, 0.2) is 47.5 Å². The van der Waals surface area contributed by atoms with E-state index in [1.165, 1.54) is 0 Å². The highest BCUT2D eigenvalue weighted by Gasteiger charge is 2.26. The van der Waals surface area contributed by atoms with E-state index in [1.54, 1.807) is 28.8 Å². The monoisotopic (exact) mass is 395 g/mol. The highest BCUT2D eigenvalue weighted by atomic mass is 16.2. The van der Waals surface area contributed by atoms with Gasteiger partial charge in [-0.15, -0.1) is 0 Å². The number of piperidine rings is 1. The Labute approximate surface area is 171 Å². The number of rotatable bonds is 6. The van der Waals surface area contributed by atoms with Crippen LogP contribution in [-0.2, 0) is 13.0 Å². The molecule has 154 valence electrons. The summed E-state index contributed by atoms with van der Waals surface area (Å²) < 4.78 is 1.79. The lowest BCUT2D eigenvalue weighted by atomic mass is 9.99. The van der Waals surface area contributed by atoms with E-state index >= 15 is 0 Å². The third-order valence-electron chi connectivity index (χ3n) is 5.34. The number of aromatic nitrogens is 1. The molecule has 1 fully saturated rings. The Kier molecular flexibility index (Phi) is 6.86. The van der Waals surface area contributed by atoms with Crippen molar-refractivity contribution in [3.05, 3.63) is 69.6 Å². The van der Waals surface area contributed by atoms with E-state index in [-0.39, 0.29) is 17.0 Å². The van der Waals surface area contributed by atoms with Crippen molar-refractivity contribution < 1.29 is 9.59 Å². The Morgan fingerprint density at radius 3 is 2.55 bits per heavy atom. The molecule has 0 radical (unpaired) electrons. The summed E-state index contributed by atoms with van der Waals surface area (Å²) in [4.78, 5) is 40.3. The Hall–Kier alpha value is -2.89. The number of nitrogens with zero attached hydrogens (tertiary/aromatic N) is 2. The van der Waals surface area contributed by atoms with Crippen LogP contribution in [0, 0.1) is 5.92 Å². The Morgan fingerprint density at radius 2 is 1.86 bits per heavy atom. The van der Waals surface area contributed by atoms with Gasteiger partial charge in [-0.05, 0) is 37.7 Å². The largest absolute Gasteiger partial charge is 0.352 e. The van der Waals surface area contributed by atoms with Gasteiger partial charge in [0.25, 0.3) is 11.8 Å². The smallest absolute Gasteiger partial charge is 0.259 e. The molecule has 2 aromatic rings. The fourth-order valence-corrected chi connectivity index (χ4v) is 3.78. The number of pyridine rings is 1. The lowest BCUT2D eigenvalue weighted by Crippen LogP contribution is -2.42. The molecule has 0 saturated carbocycles. The van der Waals surface area contributed by atoms with Gasteiger partial charge in [-0.2, -0.15) is 0 Å². The number of amides is 2. The molecule has 1 saturated heterocycles. The number of nitrogens with one attached hydrogen (secondary N) is 1. The number of likely N-dealkylation sites (tertiary alicyclic amines) is 1. The minimum Gasteiger partial charge on any atom is -0.352 e. The summed E-state index contributed by atoms with van der Waals surface area (Å²) >= 11 is 0. The van der Waals surface area contributed by atoms with Crippen molar-refractivity contribution in [3.8, 4) is 0 Å². The second-order valence-corrected chi connectivity index (χ2v) is 7.75. The van der Waals surface area contributed by atoms with Gasteiger partial charge in [-0.25, -0.2) is 0 Å². The van der Waals surface area contributed by atoms with Crippen molar-refractivity contribution in [2.45, 2.75) is 39.7 Å². The first-order valence-corrected chi connectivity index (χ1v) is 10.3. The summed E-state index contributed by atoms with van der Waals surface area (Å²) in [5.74, 6) is -0.298. The first kappa shape index (κ1) is 20.8. The maximum Gasteiger partial charge on any atom is 0.259 e. The number of carbonyl (C=O) groups is 2. The van der Waals surface area contributed by atoms with Crippen LogP contribution in [0.1, 0.15) is 53.0 Å². The Bertz CT molecular complexity index is 921. The maximum absolute atomic E-state index is 13.1. The van der Waals surface area contributed by atoms with Crippen LogP contribution in [0.3, 0.4) is 0 Å². The van der Waals surface area contributed by atoms with Gasteiger partial charge in [-0.1, -0.05) is 37.3 Å². The number of aryl methyl sites for hydroxylation is 2. The lowest BCUT2D eigenvalue weighted by molar-refractivity contribution is 0.0680. The summed E-state index contributed by atoms with van der Waals surface area (Å²) in [6.07, 6.45) is 5.93. The van der Waals surface area contributed by atoms with E-state index in [1.807, 2.05) is 30.3 Å². The van der Waals surface area contributed by atoms with E-state index in [0.29, 0.717) is 32.1 Å². The van der Waals surface area contributed by atoms with E-state index < -0.39 is 11.3 Å². The molecule has 6 nitrogen and oxygen atoms in total. The van der Waals surface area contributed by atoms with Gasteiger partial charge in [0.1, 0.15) is 11.1 Å². The molecule has 0 aliphatic carbocycles. The van der Waals surface area contributed by atoms with E-state index in [0.717, 1.165) is 24.8 Å². The molecule has 3 rings (SSSR count). The zero-order valence-corrected chi connectivity index (χ0v) is 17.2. The Morgan fingerprint density at radius 1 is 1.14 bits per heavy atom. The standard InChI is InChI=1S/C23H29N3O3/c1-3-24-22(28)19-15-25(13-11-18-9-5-4-6-10-18)16-20(21(19)27)23(29)26-12-7-8-17(2)14-26/h4-6,9-10,15-17H,3,7-8,11-14H2,1-2H3,(H,24,28)/t17-/m0/s1. The molecule has 6 heteroatoms. The SMILES string of the molecule is CCNC(=O)c1cn(CCc2ccccc2)cc(C(=O)N2CCC[C@H](C)C2)c1=O. The molecule has 2 amide bonds. The molecule has 0 unspecified atom stereocenters. The van der Waals surface area contributed by atoms with Gasteiger partial charge >= 0.3 is 0 Å². The van der Waals surface area contributed by atoms with Crippen molar-refractivity contribution in [1.29, 1.82) is 0 Å². The second kappa shape index (κ2) is 9.54. The van der Waals surface area contributed by atoms with Crippen LogP contribution in [0.5, 0.6) is 0 Å². The average Bonchev–Trinajstić information content (AvgIpc) is 2.73. The van der Waals surface area contributed by atoms with Crippen molar-refractivity contribution in [2.75, 3.05) is 19.6 Å². The summed E-state index contributed by atoms with van der Waals surface area (Å²) in [5, 5.41) is 2.68. The zero-order chi connectivity index (χ0) is 20.8. The van der Waals surface area contributed by atoms with E-state index in [9.17, 15) is 14.4 Å². The van der Waals surface area contributed by atoms with Crippen LogP contribution in [-0.4, -0.2) is 40.9 Å². The summed E-state index contributed by atoms with van der Waals surface area (Å²) in [6.45, 7) is 6.21. The normalized spacial score (nSPS) is 16.5. The molecule has 1 atom stereocenters. The predicted octanol–water partition coefficient (Wildman–Crippen LogP) is 2.71. The molecule has 1 aliphatic rings. The Balaban J connectivity index is 1.92. The summed E-state index contributed by atoms with van der Waals surface area (Å²) in [5.41, 5.74) is 0.769. The number of benzene rings is 1. The summed E-state index contributed by atoms with van der Waals surface area (Å²) in [6, 6.07) is 10.00. The molecule has 1 aliphatic heterocycles. The molecular formula is C23H29N3O3. The molecule has 29 heavy (non-hydrogen) atoms. The van der Waals surface area contributed by atoms with Crippen LogP contribution in [0.2, 0.25) is 0 Å². The van der Waals surface area contributed by atoms with Crippen LogP contribution < -0.4 is 10.7 Å². The topological polar surface area (TPSA) is 71.4 Å².